The molecule has 6 nitrogen and oxygen atoms in total. The number of hydrogen-bond acceptors (Lipinski definition) is 6. The zero-order valence-corrected chi connectivity index (χ0v) is 25.7. The highest BCUT2D eigenvalue weighted by Crippen LogP contribution is 2.24. The first-order valence-corrected chi connectivity index (χ1v) is 15.5. The van der Waals surface area contributed by atoms with E-state index in [1.807, 2.05) is 43.3 Å². The van der Waals surface area contributed by atoms with Crippen LogP contribution in [0.5, 0.6) is 11.5 Å². The molecule has 0 amide bonds. The van der Waals surface area contributed by atoms with Crippen LogP contribution in [0.25, 0.3) is 11.1 Å². The summed E-state index contributed by atoms with van der Waals surface area (Å²) in [7, 11) is 0. The third-order valence-electron chi connectivity index (χ3n) is 7.00. The van der Waals surface area contributed by atoms with Crippen LogP contribution in [-0.2, 0) is 9.47 Å². The average molecular weight is 593 g/mol. The normalized spacial score (nSPS) is 11.6. The van der Waals surface area contributed by atoms with Gasteiger partial charge in [-0.1, -0.05) is 70.2 Å². The van der Waals surface area contributed by atoms with Gasteiger partial charge in [-0.3, -0.25) is 0 Å². The van der Waals surface area contributed by atoms with Gasteiger partial charge < -0.3 is 18.9 Å². The van der Waals surface area contributed by atoms with E-state index >= 15 is 0 Å². The third kappa shape index (κ3) is 11.8. The number of carbonyl (C=O) groups excluding carboxylic acids is 2. The molecule has 0 heterocycles. The van der Waals surface area contributed by atoms with Crippen molar-refractivity contribution in [3.05, 3.63) is 83.7 Å². The fraction of sp³-hybridized carbons (Fsp3) is 0.444. The smallest absolute Gasteiger partial charge is 0.343 e. The maximum Gasteiger partial charge on any atom is 0.343 e. The van der Waals surface area contributed by atoms with E-state index in [4.69, 9.17) is 18.9 Å². The molecule has 0 bridgehead atoms. The highest BCUT2D eigenvalue weighted by atomic mass is 19.1. The van der Waals surface area contributed by atoms with Crippen molar-refractivity contribution in [3.63, 3.8) is 0 Å². The molecule has 0 aliphatic carbocycles. The Morgan fingerprint density at radius 1 is 0.698 bits per heavy atom. The molecule has 3 aromatic carbocycles. The van der Waals surface area contributed by atoms with Gasteiger partial charge >= 0.3 is 11.9 Å². The lowest BCUT2D eigenvalue weighted by Gasteiger charge is -2.14. The summed E-state index contributed by atoms with van der Waals surface area (Å²) in [6.45, 7) is 8.03. The van der Waals surface area contributed by atoms with E-state index in [1.54, 1.807) is 19.1 Å². The molecule has 43 heavy (non-hydrogen) atoms. The molecule has 0 aromatic heterocycles. The lowest BCUT2D eigenvalue weighted by atomic mass is 10.0. The summed E-state index contributed by atoms with van der Waals surface area (Å²) in [5, 5.41) is 0. The fourth-order valence-electron chi connectivity index (χ4n) is 4.53. The number of ether oxygens (including phenoxy) is 4. The molecular formula is C36H45FO6. The number of carbonyl (C=O) groups is 2. The van der Waals surface area contributed by atoms with Gasteiger partial charge in [-0.25, -0.2) is 14.0 Å². The SMILES string of the molecule is CCCCCCCCOc1ccc(-c2ccc(C(=O)Oc3ccc(C(=O)OC(C)CCCOCCC)c(F)c3)cc2)cc1. The topological polar surface area (TPSA) is 71.1 Å². The molecule has 0 saturated heterocycles. The number of unbranched alkanes of at least 4 members (excludes halogenated alkanes) is 5. The second-order valence-corrected chi connectivity index (χ2v) is 10.7. The lowest BCUT2D eigenvalue weighted by molar-refractivity contribution is 0.0289. The van der Waals surface area contributed by atoms with E-state index in [9.17, 15) is 14.0 Å². The average Bonchev–Trinajstić information content (AvgIpc) is 3.01. The number of benzene rings is 3. The molecule has 3 aromatic rings. The minimum absolute atomic E-state index is 0.000737. The molecule has 0 aliphatic heterocycles. The van der Waals surface area contributed by atoms with Crippen LogP contribution < -0.4 is 9.47 Å². The van der Waals surface area contributed by atoms with Crippen molar-refractivity contribution in [2.45, 2.75) is 84.7 Å². The molecule has 0 N–H and O–H groups in total. The Labute approximate surface area is 255 Å². The van der Waals surface area contributed by atoms with Crippen molar-refractivity contribution in [1.29, 1.82) is 0 Å². The molecule has 0 saturated carbocycles. The fourth-order valence-corrected chi connectivity index (χ4v) is 4.53. The predicted octanol–water partition coefficient (Wildman–Crippen LogP) is 9.20. The molecule has 0 spiro atoms. The number of rotatable bonds is 19. The zero-order valence-electron chi connectivity index (χ0n) is 25.7. The van der Waals surface area contributed by atoms with Gasteiger partial charge in [-0.2, -0.15) is 0 Å². The first-order chi connectivity index (χ1) is 20.9. The number of halogens is 1. The standard InChI is InChI=1S/C36H45FO6/c1-4-6-7-8-9-10-25-41-31-19-17-29(18-20-31)28-13-15-30(16-14-28)35(38)43-32-21-22-33(34(37)26-32)36(39)42-27(3)12-11-24-40-23-5-2/h13-22,26-27H,4-12,23-25H2,1-3H3. The highest BCUT2D eigenvalue weighted by Gasteiger charge is 2.18. The van der Waals surface area contributed by atoms with Crippen LogP contribution in [0.4, 0.5) is 4.39 Å². The van der Waals surface area contributed by atoms with Crippen LogP contribution >= 0.6 is 0 Å². The van der Waals surface area contributed by atoms with Crippen molar-refractivity contribution < 1.29 is 32.9 Å². The van der Waals surface area contributed by atoms with Crippen molar-refractivity contribution >= 4 is 11.9 Å². The number of hydrogen-bond donors (Lipinski definition) is 0. The molecule has 7 heteroatoms. The lowest BCUT2D eigenvalue weighted by Crippen LogP contribution is -2.17. The van der Waals surface area contributed by atoms with Crippen LogP contribution in [0.2, 0.25) is 0 Å². The van der Waals surface area contributed by atoms with Crippen LogP contribution in [0, 0.1) is 5.82 Å². The van der Waals surface area contributed by atoms with Gasteiger partial charge in [0.25, 0.3) is 0 Å². The molecule has 0 fully saturated rings. The van der Waals surface area contributed by atoms with Gasteiger partial charge in [-0.15, -0.1) is 0 Å². The maximum absolute atomic E-state index is 14.7. The Morgan fingerprint density at radius 3 is 2.02 bits per heavy atom. The van der Waals surface area contributed by atoms with Crippen LogP contribution in [0.3, 0.4) is 0 Å². The van der Waals surface area contributed by atoms with Crippen molar-refractivity contribution in [3.8, 4) is 22.6 Å². The Balaban J connectivity index is 1.47. The summed E-state index contributed by atoms with van der Waals surface area (Å²) in [6, 6.07) is 18.5. The molecular weight excluding hydrogens is 547 g/mol. The van der Waals surface area contributed by atoms with Gasteiger partial charge in [0, 0.05) is 19.3 Å². The summed E-state index contributed by atoms with van der Waals surface area (Å²) in [4.78, 5) is 25.1. The first kappa shape index (κ1) is 33.8. The summed E-state index contributed by atoms with van der Waals surface area (Å²) >= 11 is 0. The van der Waals surface area contributed by atoms with E-state index in [0.717, 1.165) is 42.2 Å². The quantitative estimate of drug-likeness (QED) is 0.0785. The summed E-state index contributed by atoms with van der Waals surface area (Å²) < 4.78 is 36.7. The van der Waals surface area contributed by atoms with Crippen molar-refractivity contribution in [2.24, 2.45) is 0 Å². The summed E-state index contributed by atoms with van der Waals surface area (Å²) in [6.07, 6.45) is 9.29. The Bertz CT molecular complexity index is 1260. The maximum atomic E-state index is 14.7. The van der Waals surface area contributed by atoms with E-state index in [2.05, 4.69) is 6.92 Å². The second kappa shape index (κ2) is 18.7. The third-order valence-corrected chi connectivity index (χ3v) is 7.00. The molecule has 0 aliphatic rings. The number of esters is 2. The van der Waals surface area contributed by atoms with Crippen LogP contribution in [-0.4, -0.2) is 37.9 Å². The van der Waals surface area contributed by atoms with Gasteiger partial charge in [-0.05, 0) is 80.1 Å². The van der Waals surface area contributed by atoms with E-state index in [-0.39, 0.29) is 17.4 Å². The van der Waals surface area contributed by atoms with Crippen molar-refractivity contribution in [1.82, 2.24) is 0 Å². The van der Waals surface area contributed by atoms with E-state index < -0.39 is 17.8 Å². The van der Waals surface area contributed by atoms with Crippen molar-refractivity contribution in [2.75, 3.05) is 19.8 Å². The molecule has 3 rings (SSSR count). The molecule has 1 atom stereocenters. The summed E-state index contributed by atoms with van der Waals surface area (Å²) in [5.41, 5.74) is 2.05. The largest absolute Gasteiger partial charge is 0.494 e. The zero-order chi connectivity index (χ0) is 30.9. The van der Waals surface area contributed by atoms with Gasteiger partial charge in [0.05, 0.1) is 23.8 Å². The minimum Gasteiger partial charge on any atom is -0.494 e. The first-order valence-electron chi connectivity index (χ1n) is 15.5. The highest BCUT2D eigenvalue weighted by molar-refractivity contribution is 5.92. The van der Waals surface area contributed by atoms with Gasteiger partial charge in [0.2, 0.25) is 0 Å². The Morgan fingerprint density at radius 2 is 1.35 bits per heavy atom. The Kier molecular flexibility index (Phi) is 14.7. The van der Waals surface area contributed by atoms with E-state index in [0.29, 0.717) is 31.8 Å². The van der Waals surface area contributed by atoms with E-state index in [1.165, 1.54) is 44.2 Å². The van der Waals surface area contributed by atoms with Gasteiger partial charge in [0.15, 0.2) is 0 Å². The molecule has 1 unspecified atom stereocenters. The molecule has 232 valence electrons. The van der Waals surface area contributed by atoms with Crippen LogP contribution in [0.1, 0.15) is 99.3 Å². The Hall–Kier alpha value is -3.71. The molecule has 0 radical (unpaired) electrons. The summed E-state index contributed by atoms with van der Waals surface area (Å²) in [5.74, 6) is -1.36. The van der Waals surface area contributed by atoms with Crippen LogP contribution in [0.15, 0.2) is 66.7 Å². The second-order valence-electron chi connectivity index (χ2n) is 10.7. The predicted molar refractivity (Wildman–Crippen MR) is 167 cm³/mol. The monoisotopic (exact) mass is 592 g/mol. The minimum atomic E-state index is -0.816. The van der Waals surface area contributed by atoms with Gasteiger partial charge in [0.1, 0.15) is 17.3 Å².